The zero-order valence-electron chi connectivity index (χ0n) is 9.47. The van der Waals surface area contributed by atoms with E-state index in [1.807, 2.05) is 6.92 Å². The first kappa shape index (κ1) is 11.2. The van der Waals surface area contributed by atoms with Gasteiger partial charge in [0.2, 0.25) is 0 Å². The van der Waals surface area contributed by atoms with Crippen LogP contribution in [-0.2, 0) is 9.47 Å². The molecule has 1 aliphatic heterocycles. The smallest absolute Gasteiger partial charge is 0.184 e. The molecule has 0 unspecified atom stereocenters. The molecule has 4 nitrogen and oxygen atoms in total. The molecule has 1 aromatic carbocycles. The quantitative estimate of drug-likeness (QED) is 0.836. The zero-order chi connectivity index (χ0) is 11.5. The molecule has 2 rings (SSSR count). The highest BCUT2D eigenvalue weighted by Crippen LogP contribution is 2.32. The molecule has 0 aromatic heterocycles. The number of phenolic OH excluding ortho intramolecular Hbond substituents is 1. The molecule has 0 bridgehead atoms. The molecule has 2 atom stereocenters. The van der Waals surface area contributed by atoms with Crippen molar-refractivity contribution in [3.05, 3.63) is 23.8 Å². The predicted molar refractivity (Wildman–Crippen MR) is 58.5 cm³/mol. The number of benzene rings is 1. The highest BCUT2D eigenvalue weighted by molar-refractivity contribution is 5.42. The summed E-state index contributed by atoms with van der Waals surface area (Å²) in [5.74, 6) is 0.554. The van der Waals surface area contributed by atoms with Gasteiger partial charge >= 0.3 is 0 Å². The Kier molecular flexibility index (Phi) is 3.31. The van der Waals surface area contributed by atoms with Crippen molar-refractivity contribution in [1.82, 2.24) is 0 Å². The first-order chi connectivity index (χ1) is 7.70. The maximum absolute atomic E-state index is 9.48. The van der Waals surface area contributed by atoms with Crippen LogP contribution in [0.1, 0.15) is 25.2 Å². The van der Waals surface area contributed by atoms with E-state index in [0.717, 1.165) is 12.0 Å². The lowest BCUT2D eigenvalue weighted by Crippen LogP contribution is -2.24. The van der Waals surface area contributed by atoms with Gasteiger partial charge in [-0.1, -0.05) is 6.07 Å². The maximum Gasteiger partial charge on any atom is 0.184 e. The highest BCUT2D eigenvalue weighted by Gasteiger charge is 2.22. The van der Waals surface area contributed by atoms with E-state index < -0.39 is 0 Å². The van der Waals surface area contributed by atoms with Gasteiger partial charge in [0.15, 0.2) is 17.8 Å². The summed E-state index contributed by atoms with van der Waals surface area (Å²) in [6.45, 7) is 2.71. The first-order valence-electron chi connectivity index (χ1n) is 5.34. The summed E-state index contributed by atoms with van der Waals surface area (Å²) < 4.78 is 16.2. The van der Waals surface area contributed by atoms with Crippen LogP contribution in [0.25, 0.3) is 0 Å². The van der Waals surface area contributed by atoms with E-state index in [4.69, 9.17) is 14.2 Å². The number of hydrogen-bond donors (Lipinski definition) is 1. The van der Waals surface area contributed by atoms with Crippen molar-refractivity contribution in [3.63, 3.8) is 0 Å². The molecule has 1 N–H and O–H groups in total. The Hall–Kier alpha value is -1.26. The fourth-order valence-corrected chi connectivity index (χ4v) is 1.67. The molecule has 1 fully saturated rings. The first-order valence-corrected chi connectivity index (χ1v) is 5.34. The van der Waals surface area contributed by atoms with E-state index >= 15 is 0 Å². The standard InChI is InChI=1S/C12H16O4/c1-8-5-6-15-12(16-8)9-3-4-10(13)11(7-9)14-2/h3-4,7-8,12-13H,5-6H2,1-2H3/t8-,12+/m0/s1. The van der Waals surface area contributed by atoms with Gasteiger partial charge in [-0.25, -0.2) is 0 Å². The predicted octanol–water partition coefficient (Wildman–Crippen LogP) is 2.22. The summed E-state index contributed by atoms with van der Waals surface area (Å²) >= 11 is 0. The normalized spacial score (nSPS) is 25.4. The number of ether oxygens (including phenoxy) is 3. The molecule has 1 aromatic rings. The second-order valence-corrected chi connectivity index (χ2v) is 3.87. The fraction of sp³-hybridized carbons (Fsp3) is 0.500. The van der Waals surface area contributed by atoms with Gasteiger partial charge in [0.1, 0.15) is 0 Å². The molecule has 1 heterocycles. The van der Waals surface area contributed by atoms with Gasteiger partial charge in [0.05, 0.1) is 19.8 Å². The van der Waals surface area contributed by atoms with Crippen LogP contribution in [0.4, 0.5) is 0 Å². The van der Waals surface area contributed by atoms with Crippen LogP contribution in [0.3, 0.4) is 0 Å². The Labute approximate surface area is 94.8 Å². The van der Waals surface area contributed by atoms with Gasteiger partial charge in [-0.15, -0.1) is 0 Å². The molecule has 0 saturated carbocycles. The molecule has 0 amide bonds. The van der Waals surface area contributed by atoms with E-state index in [0.29, 0.717) is 12.4 Å². The Morgan fingerprint density at radius 2 is 2.25 bits per heavy atom. The van der Waals surface area contributed by atoms with Crippen LogP contribution in [0.2, 0.25) is 0 Å². The second kappa shape index (κ2) is 4.72. The Balaban J connectivity index is 2.19. The SMILES string of the molecule is COc1cc([C@@H]2OCC[C@H](C)O2)ccc1O. The number of aromatic hydroxyl groups is 1. The molecule has 16 heavy (non-hydrogen) atoms. The minimum absolute atomic E-state index is 0.120. The van der Waals surface area contributed by atoms with Crippen LogP contribution < -0.4 is 4.74 Å². The van der Waals surface area contributed by atoms with Gasteiger partial charge in [-0.2, -0.15) is 0 Å². The Morgan fingerprint density at radius 1 is 1.44 bits per heavy atom. The fourth-order valence-electron chi connectivity index (χ4n) is 1.67. The molecule has 1 aliphatic rings. The molecule has 0 aliphatic carbocycles. The summed E-state index contributed by atoms with van der Waals surface area (Å²) in [5, 5.41) is 9.48. The topological polar surface area (TPSA) is 47.9 Å². The largest absolute Gasteiger partial charge is 0.504 e. The van der Waals surface area contributed by atoms with E-state index in [-0.39, 0.29) is 18.1 Å². The van der Waals surface area contributed by atoms with Crippen LogP contribution in [0.15, 0.2) is 18.2 Å². The van der Waals surface area contributed by atoms with Crippen molar-refractivity contribution in [1.29, 1.82) is 0 Å². The molecule has 0 spiro atoms. The molecule has 88 valence electrons. The lowest BCUT2D eigenvalue weighted by atomic mass is 10.1. The highest BCUT2D eigenvalue weighted by atomic mass is 16.7. The van der Waals surface area contributed by atoms with E-state index in [9.17, 15) is 5.11 Å². The molecule has 4 heteroatoms. The van der Waals surface area contributed by atoms with Gasteiger partial charge < -0.3 is 19.3 Å². The average Bonchev–Trinajstić information content (AvgIpc) is 2.29. The zero-order valence-corrected chi connectivity index (χ0v) is 9.47. The van der Waals surface area contributed by atoms with E-state index in [2.05, 4.69) is 0 Å². The van der Waals surface area contributed by atoms with Crippen molar-refractivity contribution < 1.29 is 19.3 Å². The van der Waals surface area contributed by atoms with Crippen LogP contribution in [-0.4, -0.2) is 24.9 Å². The minimum atomic E-state index is -0.363. The number of hydrogen-bond acceptors (Lipinski definition) is 4. The second-order valence-electron chi connectivity index (χ2n) is 3.87. The van der Waals surface area contributed by atoms with Crippen LogP contribution in [0, 0.1) is 0 Å². The summed E-state index contributed by atoms with van der Waals surface area (Å²) in [6.07, 6.45) is 0.739. The van der Waals surface area contributed by atoms with Gasteiger partial charge in [-0.3, -0.25) is 0 Å². The third-order valence-corrected chi connectivity index (χ3v) is 2.63. The summed E-state index contributed by atoms with van der Waals surface area (Å²) in [4.78, 5) is 0. The molecular weight excluding hydrogens is 208 g/mol. The molecule has 0 radical (unpaired) electrons. The van der Waals surface area contributed by atoms with Crippen molar-refractivity contribution in [3.8, 4) is 11.5 Å². The summed E-state index contributed by atoms with van der Waals surface area (Å²) in [6, 6.07) is 5.10. The van der Waals surface area contributed by atoms with E-state index in [1.165, 1.54) is 7.11 Å². The minimum Gasteiger partial charge on any atom is -0.504 e. The summed E-state index contributed by atoms with van der Waals surface area (Å²) in [5.41, 5.74) is 0.862. The maximum atomic E-state index is 9.48. The van der Waals surface area contributed by atoms with Crippen LogP contribution >= 0.6 is 0 Å². The number of methoxy groups -OCH3 is 1. The van der Waals surface area contributed by atoms with Crippen molar-refractivity contribution in [2.24, 2.45) is 0 Å². The van der Waals surface area contributed by atoms with Gasteiger partial charge in [0.25, 0.3) is 0 Å². The molecule has 1 saturated heterocycles. The lowest BCUT2D eigenvalue weighted by Gasteiger charge is -2.28. The van der Waals surface area contributed by atoms with Gasteiger partial charge in [0, 0.05) is 5.56 Å². The monoisotopic (exact) mass is 224 g/mol. The summed E-state index contributed by atoms with van der Waals surface area (Å²) in [7, 11) is 1.52. The Bertz CT molecular complexity index is 364. The van der Waals surface area contributed by atoms with Crippen molar-refractivity contribution in [2.75, 3.05) is 13.7 Å². The average molecular weight is 224 g/mol. The van der Waals surface area contributed by atoms with Crippen molar-refractivity contribution >= 4 is 0 Å². The molecular formula is C12H16O4. The van der Waals surface area contributed by atoms with Crippen LogP contribution in [0.5, 0.6) is 11.5 Å². The number of phenols is 1. The number of rotatable bonds is 2. The lowest BCUT2D eigenvalue weighted by molar-refractivity contribution is -0.212. The Morgan fingerprint density at radius 3 is 2.94 bits per heavy atom. The van der Waals surface area contributed by atoms with E-state index in [1.54, 1.807) is 18.2 Å². The third kappa shape index (κ3) is 2.28. The van der Waals surface area contributed by atoms with Crippen molar-refractivity contribution in [2.45, 2.75) is 25.7 Å². The van der Waals surface area contributed by atoms with Gasteiger partial charge in [-0.05, 0) is 25.5 Å². The third-order valence-electron chi connectivity index (χ3n) is 2.63.